The summed E-state index contributed by atoms with van der Waals surface area (Å²) in [6.45, 7) is 10.1. The molecule has 0 spiro atoms. The lowest BCUT2D eigenvalue weighted by Gasteiger charge is -2.26. The molecule has 0 saturated carbocycles. The molecular weight excluding hydrogens is 332 g/mol. The number of nitrogens with two attached hydrogens (primary N) is 2. The fraction of sp³-hybridized carbons (Fsp3) is 0.750. The van der Waals surface area contributed by atoms with E-state index >= 15 is 0 Å². The molecule has 0 amide bonds. The third-order valence-corrected chi connectivity index (χ3v) is 3.93. The van der Waals surface area contributed by atoms with Gasteiger partial charge in [0.2, 0.25) is 5.54 Å². The lowest BCUT2D eigenvalue weighted by atomic mass is 9.99. The molecule has 26 heavy (non-hydrogen) atoms. The van der Waals surface area contributed by atoms with Gasteiger partial charge < -0.3 is 11.5 Å². The van der Waals surface area contributed by atoms with Crippen LogP contribution in [0.1, 0.15) is 41.5 Å². The zero-order valence-corrected chi connectivity index (χ0v) is 16.3. The third-order valence-electron chi connectivity index (χ3n) is 3.93. The number of nitrogens with zero attached hydrogens (tertiary/aromatic N) is 6. The van der Waals surface area contributed by atoms with E-state index in [-0.39, 0.29) is 24.1 Å². The molecule has 0 radical (unpaired) electrons. The van der Waals surface area contributed by atoms with Gasteiger partial charge in [0.1, 0.15) is 11.8 Å². The minimum atomic E-state index is -1.09. The maximum absolute atomic E-state index is 9.40. The fourth-order valence-electron chi connectivity index (χ4n) is 1.68. The molecule has 3 atom stereocenters. The second-order valence-corrected chi connectivity index (χ2v) is 7.19. The highest BCUT2D eigenvalue weighted by Crippen LogP contribution is 2.23. The molecule has 3 unspecified atom stereocenters. The van der Waals surface area contributed by atoms with E-state index in [1.54, 1.807) is 41.5 Å². The molecule has 0 aliphatic rings. The maximum Gasteiger partial charge on any atom is 0.304 e. The van der Waals surface area contributed by atoms with Gasteiger partial charge in [-0.2, -0.15) is 15.6 Å². The molecule has 0 saturated heterocycles. The molecule has 0 rings (SSSR count). The second kappa shape index (κ2) is 8.99. The van der Waals surface area contributed by atoms with Crippen LogP contribution in [0.2, 0.25) is 0 Å². The van der Waals surface area contributed by atoms with Gasteiger partial charge >= 0.3 is 6.17 Å². The Bertz CT molecular complexity index is 674. The van der Waals surface area contributed by atoms with Crippen molar-refractivity contribution in [3.8, 4) is 12.1 Å². The van der Waals surface area contributed by atoms with Crippen LogP contribution in [0.4, 0.5) is 0 Å². The Hall–Kier alpha value is -2.88. The van der Waals surface area contributed by atoms with E-state index in [2.05, 4.69) is 27.5 Å². The minimum absolute atomic E-state index is 0.176. The largest absolute Gasteiger partial charge is 0.385 e. The molecule has 10 nitrogen and oxygen atoms in total. The summed E-state index contributed by atoms with van der Waals surface area (Å²) in [6.07, 6.45) is -0.858. The van der Waals surface area contributed by atoms with Crippen molar-refractivity contribution < 1.29 is 4.70 Å². The van der Waals surface area contributed by atoms with Gasteiger partial charge in [0.15, 0.2) is 11.4 Å². The molecule has 0 aliphatic heterocycles. The summed E-state index contributed by atoms with van der Waals surface area (Å²) in [6, 6.07) is 4.17. The Labute approximate surface area is 154 Å². The van der Waals surface area contributed by atoms with Crippen molar-refractivity contribution in [3.05, 3.63) is 0 Å². The Morgan fingerprint density at radius 3 is 2.00 bits per heavy atom. The molecule has 0 aromatic rings. The standard InChI is InChI=1S/C16H29N10/c1-10(7-17)9-23-24-12(11(2)8-18)26(16(5,6)14(21)22)25-15(3,4)13(19)20/h10-12H,9H2,1-6H3,(H3,19,20)(H3,21,22)/q+1. The predicted octanol–water partition coefficient (Wildman–Crippen LogP) is 1.98. The van der Waals surface area contributed by atoms with Gasteiger partial charge in [0.25, 0.3) is 0 Å². The molecule has 6 N–H and O–H groups in total. The fourth-order valence-corrected chi connectivity index (χ4v) is 1.68. The van der Waals surface area contributed by atoms with Crippen LogP contribution in [0, 0.1) is 45.3 Å². The molecule has 0 bridgehead atoms. The normalized spacial score (nSPS) is 16.4. The summed E-state index contributed by atoms with van der Waals surface area (Å²) in [5, 5.41) is 46.6. The van der Waals surface area contributed by atoms with Crippen molar-refractivity contribution in [2.24, 2.45) is 38.6 Å². The number of hydrogen-bond acceptors (Lipinski definition) is 7. The first-order chi connectivity index (χ1) is 11.8. The van der Waals surface area contributed by atoms with Gasteiger partial charge in [-0.15, -0.1) is 5.11 Å². The number of azo groups is 3. The van der Waals surface area contributed by atoms with Crippen LogP contribution in [0.15, 0.2) is 15.3 Å². The quantitative estimate of drug-likeness (QED) is 0.211. The summed E-state index contributed by atoms with van der Waals surface area (Å²) in [7, 11) is 0. The minimum Gasteiger partial charge on any atom is -0.385 e. The van der Waals surface area contributed by atoms with Crippen molar-refractivity contribution in [1.29, 1.82) is 21.3 Å². The first-order valence-corrected chi connectivity index (χ1v) is 8.18. The Balaban J connectivity index is 6.35. The molecule has 142 valence electrons. The van der Waals surface area contributed by atoms with E-state index < -0.39 is 23.2 Å². The Morgan fingerprint density at radius 1 is 1.08 bits per heavy atom. The number of amidine groups is 2. The zero-order valence-electron chi connectivity index (χ0n) is 16.3. The van der Waals surface area contributed by atoms with Crippen LogP contribution in [0.25, 0.3) is 0 Å². The highest BCUT2D eigenvalue weighted by Gasteiger charge is 2.46. The molecule has 0 heterocycles. The van der Waals surface area contributed by atoms with Gasteiger partial charge in [0, 0.05) is 13.8 Å². The number of nitrogens with one attached hydrogen (secondary N) is 2. The molecule has 10 heteroatoms. The smallest absolute Gasteiger partial charge is 0.304 e. The second-order valence-electron chi connectivity index (χ2n) is 7.19. The van der Waals surface area contributed by atoms with Gasteiger partial charge in [-0.25, -0.2) is 0 Å². The van der Waals surface area contributed by atoms with Gasteiger partial charge in [-0.1, -0.05) is 4.70 Å². The Kier molecular flexibility index (Phi) is 8.00. The highest BCUT2D eigenvalue weighted by molar-refractivity contribution is 5.86. The average molecular weight is 361 g/mol. The number of hydrogen-bond donors (Lipinski definition) is 4. The van der Waals surface area contributed by atoms with Gasteiger partial charge in [-0.3, -0.25) is 10.8 Å². The van der Waals surface area contributed by atoms with E-state index in [0.717, 1.165) is 0 Å². The van der Waals surface area contributed by atoms with Crippen molar-refractivity contribution in [2.45, 2.75) is 58.8 Å². The summed E-state index contributed by atoms with van der Waals surface area (Å²) in [4.78, 5) is 0. The van der Waals surface area contributed by atoms with Crippen LogP contribution in [0.3, 0.4) is 0 Å². The monoisotopic (exact) mass is 361 g/mol. The summed E-state index contributed by atoms with van der Waals surface area (Å²) in [5.41, 5.74) is 9.19. The van der Waals surface area contributed by atoms with Crippen molar-refractivity contribution in [2.75, 3.05) is 6.54 Å². The summed E-state index contributed by atoms with van der Waals surface area (Å²) in [5.74, 6) is -1.32. The van der Waals surface area contributed by atoms with Gasteiger partial charge in [-0.05, 0) is 32.8 Å². The molecule has 0 fully saturated rings. The molecule has 0 aromatic heterocycles. The number of nitriles is 2. The summed E-state index contributed by atoms with van der Waals surface area (Å²) < 4.78 is 1.41. The van der Waals surface area contributed by atoms with Crippen molar-refractivity contribution in [3.63, 3.8) is 0 Å². The van der Waals surface area contributed by atoms with Crippen molar-refractivity contribution in [1.82, 2.24) is 0 Å². The maximum atomic E-state index is 9.40. The van der Waals surface area contributed by atoms with Crippen molar-refractivity contribution >= 4 is 11.7 Å². The van der Waals surface area contributed by atoms with E-state index in [1.165, 1.54) is 4.70 Å². The van der Waals surface area contributed by atoms with E-state index in [1.807, 2.05) is 0 Å². The topological polar surface area (TPSA) is 187 Å². The third kappa shape index (κ3) is 5.88. The van der Waals surface area contributed by atoms with Crippen LogP contribution >= 0.6 is 0 Å². The van der Waals surface area contributed by atoms with Gasteiger partial charge in [0.05, 0.1) is 24.6 Å². The van der Waals surface area contributed by atoms with Crippen LogP contribution in [0.5, 0.6) is 0 Å². The lowest BCUT2D eigenvalue weighted by molar-refractivity contribution is -0.681. The average Bonchev–Trinajstić information content (AvgIpc) is 2.55. The van der Waals surface area contributed by atoms with E-state index in [9.17, 15) is 5.26 Å². The molecular formula is C16H29N10+. The summed E-state index contributed by atoms with van der Waals surface area (Å²) >= 11 is 0. The van der Waals surface area contributed by atoms with Crippen LogP contribution in [-0.4, -0.2) is 40.2 Å². The zero-order chi connectivity index (χ0) is 20.7. The van der Waals surface area contributed by atoms with E-state index in [0.29, 0.717) is 0 Å². The molecule has 0 aliphatic carbocycles. The first-order valence-electron chi connectivity index (χ1n) is 8.18. The lowest BCUT2D eigenvalue weighted by Crippen LogP contribution is -2.53. The Morgan fingerprint density at radius 2 is 1.62 bits per heavy atom. The van der Waals surface area contributed by atoms with Crippen LogP contribution in [-0.2, 0) is 0 Å². The molecule has 0 aromatic carbocycles. The van der Waals surface area contributed by atoms with Crippen LogP contribution < -0.4 is 11.5 Å². The van der Waals surface area contributed by atoms with E-state index in [4.69, 9.17) is 27.5 Å². The first kappa shape index (κ1) is 23.1. The highest BCUT2D eigenvalue weighted by atomic mass is 15.4. The number of rotatable bonds is 9. The SMILES string of the molecule is CC(C#N)CN=NC(C(C)C#N)[N+](=NC(C)(C)C(=N)N)C(C)(C)C(=N)N. The predicted molar refractivity (Wildman–Crippen MR) is 97.7 cm³/mol.